The summed E-state index contributed by atoms with van der Waals surface area (Å²) in [6.45, 7) is 6.61. The van der Waals surface area contributed by atoms with Crippen LogP contribution < -0.4 is 10.6 Å². The Morgan fingerprint density at radius 1 is 1.33 bits per heavy atom. The van der Waals surface area contributed by atoms with Crippen LogP contribution in [0.25, 0.3) is 0 Å². The van der Waals surface area contributed by atoms with Crippen LogP contribution in [-0.2, 0) is 4.79 Å². The molecule has 2 fully saturated rings. The SMILES string of the molecule is CC(C)NC(=NCC(=O)N(C)C)NC1CCN(C2CC2)C1. The number of rotatable bonds is 5. The Kier molecular flexibility index (Phi) is 5.45. The van der Waals surface area contributed by atoms with E-state index < -0.39 is 0 Å². The van der Waals surface area contributed by atoms with Gasteiger partial charge in [-0.25, -0.2) is 4.99 Å². The van der Waals surface area contributed by atoms with Gasteiger partial charge in [-0.3, -0.25) is 9.69 Å². The maximum absolute atomic E-state index is 11.7. The van der Waals surface area contributed by atoms with Crippen LogP contribution in [0, 0.1) is 0 Å². The van der Waals surface area contributed by atoms with Gasteiger partial charge in [0.05, 0.1) is 0 Å². The van der Waals surface area contributed by atoms with Crippen molar-refractivity contribution in [1.82, 2.24) is 20.4 Å². The Morgan fingerprint density at radius 2 is 2.05 bits per heavy atom. The van der Waals surface area contributed by atoms with Gasteiger partial charge in [0, 0.05) is 45.3 Å². The molecule has 1 amide bonds. The number of guanidine groups is 1. The van der Waals surface area contributed by atoms with Gasteiger partial charge < -0.3 is 15.5 Å². The summed E-state index contributed by atoms with van der Waals surface area (Å²) in [5, 5.41) is 6.79. The molecule has 2 rings (SSSR count). The second-order valence-corrected chi connectivity index (χ2v) is 6.61. The molecule has 1 heterocycles. The third-order valence-corrected chi connectivity index (χ3v) is 3.92. The predicted octanol–water partition coefficient (Wildman–Crippen LogP) is 0.255. The van der Waals surface area contributed by atoms with E-state index in [0.717, 1.165) is 25.0 Å². The molecule has 120 valence electrons. The number of nitrogens with one attached hydrogen (secondary N) is 2. The molecule has 6 nitrogen and oxygen atoms in total. The number of likely N-dealkylation sites (tertiary alicyclic amines) is 1. The zero-order valence-electron chi connectivity index (χ0n) is 13.7. The van der Waals surface area contributed by atoms with Gasteiger partial charge in [-0.05, 0) is 33.1 Å². The Balaban J connectivity index is 1.86. The molecule has 1 saturated carbocycles. The van der Waals surface area contributed by atoms with Gasteiger partial charge in [0.2, 0.25) is 5.91 Å². The maximum Gasteiger partial charge on any atom is 0.243 e. The van der Waals surface area contributed by atoms with Gasteiger partial charge in [0.1, 0.15) is 6.54 Å². The summed E-state index contributed by atoms with van der Waals surface area (Å²) in [5.41, 5.74) is 0. The van der Waals surface area contributed by atoms with Crippen LogP contribution in [0.3, 0.4) is 0 Å². The Hall–Kier alpha value is -1.30. The molecule has 0 aromatic rings. The monoisotopic (exact) mass is 295 g/mol. The number of likely N-dealkylation sites (N-methyl/N-ethyl adjacent to an activating group) is 1. The molecular formula is C15H29N5O. The Morgan fingerprint density at radius 3 is 2.62 bits per heavy atom. The smallest absolute Gasteiger partial charge is 0.243 e. The van der Waals surface area contributed by atoms with E-state index in [4.69, 9.17) is 0 Å². The van der Waals surface area contributed by atoms with E-state index >= 15 is 0 Å². The van der Waals surface area contributed by atoms with Gasteiger partial charge in [-0.1, -0.05) is 0 Å². The number of amides is 1. The number of carbonyl (C=O) groups excluding carboxylic acids is 1. The quantitative estimate of drug-likeness (QED) is 0.564. The number of aliphatic imine (C=N–C) groups is 1. The lowest BCUT2D eigenvalue weighted by Crippen LogP contribution is -2.47. The van der Waals surface area contributed by atoms with E-state index in [1.807, 2.05) is 0 Å². The van der Waals surface area contributed by atoms with Crippen molar-refractivity contribution in [3.05, 3.63) is 0 Å². The highest BCUT2D eigenvalue weighted by atomic mass is 16.2. The van der Waals surface area contributed by atoms with Crippen LogP contribution in [0.15, 0.2) is 4.99 Å². The third-order valence-electron chi connectivity index (χ3n) is 3.92. The molecule has 0 radical (unpaired) electrons. The van der Waals surface area contributed by atoms with Gasteiger partial charge in [0.25, 0.3) is 0 Å². The highest BCUT2D eigenvalue weighted by Crippen LogP contribution is 2.29. The van der Waals surface area contributed by atoms with Gasteiger partial charge in [-0.2, -0.15) is 0 Å². The first kappa shape index (κ1) is 16.1. The summed E-state index contributed by atoms with van der Waals surface area (Å²) < 4.78 is 0. The van der Waals surface area contributed by atoms with Crippen LogP contribution in [-0.4, -0.2) is 73.5 Å². The number of nitrogens with zero attached hydrogens (tertiary/aromatic N) is 3. The molecule has 0 spiro atoms. The highest BCUT2D eigenvalue weighted by molar-refractivity contribution is 5.85. The fourth-order valence-electron chi connectivity index (χ4n) is 2.56. The Labute approximate surface area is 128 Å². The number of carbonyl (C=O) groups is 1. The minimum absolute atomic E-state index is 0.0193. The van der Waals surface area contributed by atoms with E-state index in [1.54, 1.807) is 19.0 Å². The predicted molar refractivity (Wildman–Crippen MR) is 85.4 cm³/mol. The second-order valence-electron chi connectivity index (χ2n) is 6.61. The van der Waals surface area contributed by atoms with Crippen molar-refractivity contribution < 1.29 is 4.79 Å². The van der Waals surface area contributed by atoms with Crippen molar-refractivity contribution >= 4 is 11.9 Å². The fourth-order valence-corrected chi connectivity index (χ4v) is 2.56. The highest BCUT2D eigenvalue weighted by Gasteiger charge is 2.34. The van der Waals surface area contributed by atoms with Crippen molar-refractivity contribution in [1.29, 1.82) is 0 Å². The molecule has 1 aliphatic heterocycles. The molecule has 0 aromatic carbocycles. The first-order chi connectivity index (χ1) is 9.95. The minimum atomic E-state index is 0.0193. The largest absolute Gasteiger partial charge is 0.354 e. The van der Waals surface area contributed by atoms with E-state index in [9.17, 15) is 4.79 Å². The lowest BCUT2D eigenvalue weighted by atomic mass is 10.3. The fraction of sp³-hybridized carbons (Fsp3) is 0.867. The Bertz CT molecular complexity index is 390. The maximum atomic E-state index is 11.7. The molecule has 6 heteroatoms. The van der Waals surface area contributed by atoms with Crippen LogP contribution in [0.4, 0.5) is 0 Å². The van der Waals surface area contributed by atoms with Crippen LogP contribution in [0.5, 0.6) is 0 Å². The van der Waals surface area contributed by atoms with Crippen molar-refractivity contribution in [2.75, 3.05) is 33.7 Å². The van der Waals surface area contributed by atoms with E-state index in [2.05, 4.69) is 34.4 Å². The summed E-state index contributed by atoms with van der Waals surface area (Å²) in [4.78, 5) is 20.2. The van der Waals surface area contributed by atoms with E-state index in [-0.39, 0.29) is 12.5 Å². The normalized spacial score (nSPS) is 23.5. The average molecular weight is 295 g/mol. The first-order valence-electron chi connectivity index (χ1n) is 7.97. The summed E-state index contributed by atoms with van der Waals surface area (Å²) in [5.74, 6) is 0.772. The molecule has 1 atom stereocenters. The molecule has 2 aliphatic rings. The molecule has 1 aliphatic carbocycles. The van der Waals surface area contributed by atoms with Crippen molar-refractivity contribution in [2.24, 2.45) is 4.99 Å². The molecule has 1 unspecified atom stereocenters. The van der Waals surface area contributed by atoms with Crippen LogP contribution in [0.1, 0.15) is 33.1 Å². The van der Waals surface area contributed by atoms with Crippen molar-refractivity contribution in [3.8, 4) is 0 Å². The standard InChI is InChI=1S/C15H29N5O/c1-11(2)17-15(16-9-14(21)19(3)4)18-12-7-8-20(10-12)13-5-6-13/h11-13H,5-10H2,1-4H3,(H2,16,17,18). The van der Waals surface area contributed by atoms with Crippen molar-refractivity contribution in [2.45, 2.75) is 51.2 Å². The summed E-state index contributed by atoms with van der Waals surface area (Å²) in [7, 11) is 3.51. The summed E-state index contributed by atoms with van der Waals surface area (Å²) in [6.07, 6.45) is 3.86. The molecule has 0 bridgehead atoms. The minimum Gasteiger partial charge on any atom is -0.354 e. The van der Waals surface area contributed by atoms with E-state index in [1.165, 1.54) is 19.4 Å². The van der Waals surface area contributed by atoms with Crippen LogP contribution >= 0.6 is 0 Å². The van der Waals surface area contributed by atoms with E-state index in [0.29, 0.717) is 12.1 Å². The third kappa shape index (κ3) is 5.19. The number of hydrogen-bond acceptors (Lipinski definition) is 3. The second kappa shape index (κ2) is 7.11. The first-order valence-corrected chi connectivity index (χ1v) is 7.97. The van der Waals surface area contributed by atoms with Gasteiger partial charge in [0.15, 0.2) is 5.96 Å². The molecule has 21 heavy (non-hydrogen) atoms. The molecular weight excluding hydrogens is 266 g/mol. The summed E-state index contributed by atoms with van der Waals surface area (Å²) >= 11 is 0. The van der Waals surface area contributed by atoms with Gasteiger partial charge >= 0.3 is 0 Å². The zero-order valence-corrected chi connectivity index (χ0v) is 13.7. The summed E-state index contributed by atoms with van der Waals surface area (Å²) in [6, 6.07) is 1.56. The van der Waals surface area contributed by atoms with Gasteiger partial charge in [-0.15, -0.1) is 0 Å². The molecule has 0 aromatic heterocycles. The zero-order chi connectivity index (χ0) is 15.4. The lowest BCUT2D eigenvalue weighted by Gasteiger charge is -2.20. The molecule has 1 saturated heterocycles. The number of hydrogen-bond donors (Lipinski definition) is 2. The molecule has 2 N–H and O–H groups in total. The van der Waals surface area contributed by atoms with Crippen molar-refractivity contribution in [3.63, 3.8) is 0 Å². The topological polar surface area (TPSA) is 60.0 Å². The average Bonchev–Trinajstić information content (AvgIpc) is 3.15. The lowest BCUT2D eigenvalue weighted by molar-refractivity contribution is -0.127. The van der Waals surface area contributed by atoms with Crippen LogP contribution in [0.2, 0.25) is 0 Å².